The van der Waals surface area contributed by atoms with Crippen molar-refractivity contribution in [2.45, 2.75) is 53.4 Å². The van der Waals surface area contributed by atoms with Gasteiger partial charge in [-0.15, -0.1) is 0 Å². The van der Waals surface area contributed by atoms with Gasteiger partial charge in [-0.3, -0.25) is 4.79 Å². The van der Waals surface area contributed by atoms with Crippen LogP contribution in [0.4, 0.5) is 0 Å². The van der Waals surface area contributed by atoms with E-state index in [1.54, 1.807) is 0 Å². The molecule has 0 aromatic carbocycles. The summed E-state index contributed by atoms with van der Waals surface area (Å²) in [6, 6.07) is 2.28. The van der Waals surface area contributed by atoms with Crippen LogP contribution in [0.5, 0.6) is 0 Å². The second-order valence-corrected chi connectivity index (χ2v) is 7.05. The van der Waals surface area contributed by atoms with Crippen LogP contribution in [0.3, 0.4) is 0 Å². The lowest BCUT2D eigenvalue weighted by atomic mass is 9.71. The van der Waals surface area contributed by atoms with Crippen LogP contribution in [0.1, 0.15) is 53.4 Å². The molecule has 0 amide bonds. The van der Waals surface area contributed by atoms with Gasteiger partial charge in [-0.05, 0) is 55.6 Å². The molecular weight excluding hydrogens is 246 g/mol. The van der Waals surface area contributed by atoms with E-state index in [1.807, 2.05) is 13.8 Å². The van der Waals surface area contributed by atoms with Crippen molar-refractivity contribution in [1.29, 1.82) is 5.26 Å². The van der Waals surface area contributed by atoms with Crippen LogP contribution in [0.25, 0.3) is 0 Å². The Bertz CT molecular complexity index is 577. The molecule has 106 valence electrons. The number of ketones is 1. The maximum atomic E-state index is 12.6. The van der Waals surface area contributed by atoms with Crippen molar-refractivity contribution in [2.75, 3.05) is 0 Å². The molecule has 0 saturated heterocycles. The summed E-state index contributed by atoms with van der Waals surface area (Å²) in [6.07, 6.45) is 3.67. The van der Waals surface area contributed by atoms with Crippen LogP contribution in [-0.2, 0) is 4.79 Å². The zero-order chi connectivity index (χ0) is 15.1. The molecule has 0 bridgehead atoms. The molecule has 0 aliphatic heterocycles. The predicted molar refractivity (Wildman–Crippen MR) is 80.9 cm³/mol. The third-order valence-electron chi connectivity index (χ3n) is 4.15. The molecule has 2 heteroatoms. The number of hydrogen-bond donors (Lipinski definition) is 0. The van der Waals surface area contributed by atoms with Gasteiger partial charge in [0.25, 0.3) is 0 Å². The number of Topliss-reactive ketones (excluding diaryl/α,β-unsaturated/α-hetero) is 1. The maximum absolute atomic E-state index is 12.6. The molecule has 0 aromatic rings. The van der Waals surface area contributed by atoms with Gasteiger partial charge in [-0.25, -0.2) is 0 Å². The Labute approximate surface area is 121 Å². The van der Waals surface area contributed by atoms with Gasteiger partial charge in [0.2, 0.25) is 0 Å². The zero-order valence-electron chi connectivity index (χ0n) is 13.0. The lowest BCUT2D eigenvalue weighted by molar-refractivity contribution is -0.117. The molecule has 20 heavy (non-hydrogen) atoms. The van der Waals surface area contributed by atoms with E-state index in [0.29, 0.717) is 17.9 Å². The van der Waals surface area contributed by atoms with E-state index in [-0.39, 0.29) is 11.2 Å². The van der Waals surface area contributed by atoms with Gasteiger partial charge in [-0.1, -0.05) is 26.0 Å². The van der Waals surface area contributed by atoms with Crippen molar-refractivity contribution in [3.63, 3.8) is 0 Å². The molecule has 1 fully saturated rings. The molecule has 0 atom stereocenters. The summed E-state index contributed by atoms with van der Waals surface area (Å²) in [5.74, 6) is 0.589. The standard InChI is InChI=1S/C18H23NO/c1-11(2)14(10-19)17(13-6-7-13)16-12(3)8-18(4,5)9-15(16)20/h13H,1,6-9H2,2-5H3/b17-14-. The average molecular weight is 269 g/mol. The zero-order valence-corrected chi connectivity index (χ0v) is 13.0. The molecule has 0 heterocycles. The fourth-order valence-electron chi connectivity index (χ4n) is 3.30. The first-order valence-electron chi connectivity index (χ1n) is 7.30. The molecule has 0 N–H and O–H groups in total. The summed E-state index contributed by atoms with van der Waals surface area (Å²) in [5.41, 5.74) is 4.41. The Morgan fingerprint density at radius 2 is 1.95 bits per heavy atom. The first-order valence-corrected chi connectivity index (χ1v) is 7.30. The van der Waals surface area contributed by atoms with E-state index in [9.17, 15) is 10.1 Å². The SMILES string of the molecule is C=C(C)/C(C#N)=C(\C1=C(C)CC(C)(C)CC1=O)C1CC1. The van der Waals surface area contributed by atoms with Crippen LogP contribution < -0.4 is 0 Å². The van der Waals surface area contributed by atoms with Crippen molar-refractivity contribution in [3.05, 3.63) is 34.4 Å². The van der Waals surface area contributed by atoms with Crippen LogP contribution in [-0.4, -0.2) is 5.78 Å². The summed E-state index contributed by atoms with van der Waals surface area (Å²) < 4.78 is 0. The first-order chi connectivity index (χ1) is 9.26. The average Bonchev–Trinajstić information content (AvgIpc) is 3.08. The fourth-order valence-corrected chi connectivity index (χ4v) is 3.30. The lowest BCUT2D eigenvalue weighted by Crippen LogP contribution is -2.26. The van der Waals surface area contributed by atoms with E-state index in [4.69, 9.17) is 0 Å². The lowest BCUT2D eigenvalue weighted by Gasteiger charge is -2.32. The molecule has 2 aliphatic rings. The number of allylic oxidation sites excluding steroid dienone is 5. The molecule has 1 saturated carbocycles. The highest BCUT2D eigenvalue weighted by Gasteiger charge is 2.38. The van der Waals surface area contributed by atoms with Gasteiger partial charge < -0.3 is 0 Å². The van der Waals surface area contributed by atoms with Crippen LogP contribution in [0.15, 0.2) is 34.4 Å². The third-order valence-corrected chi connectivity index (χ3v) is 4.15. The topological polar surface area (TPSA) is 40.9 Å². The highest BCUT2D eigenvalue weighted by molar-refractivity contribution is 6.02. The fraction of sp³-hybridized carbons (Fsp3) is 0.556. The number of carbonyl (C=O) groups is 1. The summed E-state index contributed by atoms with van der Waals surface area (Å²) in [7, 11) is 0. The first kappa shape index (κ1) is 14.8. The molecule has 0 aromatic heterocycles. The molecular formula is C18H23NO. The Balaban J connectivity index is 2.59. The second-order valence-electron chi connectivity index (χ2n) is 7.05. The number of nitriles is 1. The van der Waals surface area contributed by atoms with E-state index in [1.165, 1.54) is 0 Å². The molecule has 2 aliphatic carbocycles. The van der Waals surface area contributed by atoms with Gasteiger partial charge >= 0.3 is 0 Å². The van der Waals surface area contributed by atoms with Crippen LogP contribution in [0, 0.1) is 22.7 Å². The summed E-state index contributed by atoms with van der Waals surface area (Å²) in [5, 5.41) is 9.45. The highest BCUT2D eigenvalue weighted by atomic mass is 16.1. The van der Waals surface area contributed by atoms with Gasteiger partial charge in [0.05, 0.1) is 11.6 Å². The van der Waals surface area contributed by atoms with E-state index >= 15 is 0 Å². The summed E-state index contributed by atoms with van der Waals surface area (Å²) in [6.45, 7) is 12.1. The second kappa shape index (κ2) is 5.05. The van der Waals surface area contributed by atoms with Crippen molar-refractivity contribution in [2.24, 2.45) is 11.3 Å². The molecule has 2 nitrogen and oxygen atoms in total. The normalized spacial score (nSPS) is 23.2. The van der Waals surface area contributed by atoms with Gasteiger partial charge in [0.1, 0.15) is 0 Å². The Morgan fingerprint density at radius 3 is 2.35 bits per heavy atom. The van der Waals surface area contributed by atoms with Crippen molar-refractivity contribution in [1.82, 2.24) is 0 Å². The van der Waals surface area contributed by atoms with Crippen LogP contribution >= 0.6 is 0 Å². The van der Waals surface area contributed by atoms with Gasteiger partial charge in [0, 0.05) is 12.0 Å². The highest BCUT2D eigenvalue weighted by Crippen LogP contribution is 2.47. The quantitative estimate of drug-likeness (QED) is 0.559. The predicted octanol–water partition coefficient (Wildman–Crippen LogP) is 4.50. The molecule has 0 radical (unpaired) electrons. The van der Waals surface area contributed by atoms with Crippen LogP contribution in [0.2, 0.25) is 0 Å². The van der Waals surface area contributed by atoms with Crippen molar-refractivity contribution >= 4 is 5.78 Å². The van der Waals surface area contributed by atoms with Gasteiger partial charge in [-0.2, -0.15) is 5.26 Å². The minimum atomic E-state index is 0.0371. The Morgan fingerprint density at radius 1 is 1.35 bits per heavy atom. The molecule has 2 rings (SSSR count). The maximum Gasteiger partial charge on any atom is 0.163 e. The number of carbonyl (C=O) groups excluding carboxylic acids is 1. The Hall–Kier alpha value is -1.62. The smallest absolute Gasteiger partial charge is 0.163 e. The molecule has 0 unspecified atom stereocenters. The summed E-state index contributed by atoms with van der Waals surface area (Å²) >= 11 is 0. The molecule has 0 spiro atoms. The number of nitrogens with zero attached hydrogens (tertiary/aromatic N) is 1. The minimum Gasteiger partial charge on any atom is -0.294 e. The Kier molecular flexibility index (Phi) is 3.73. The van der Waals surface area contributed by atoms with E-state index in [2.05, 4.69) is 26.5 Å². The van der Waals surface area contributed by atoms with Crippen molar-refractivity contribution < 1.29 is 4.79 Å². The number of hydrogen-bond acceptors (Lipinski definition) is 2. The van der Waals surface area contributed by atoms with Crippen molar-refractivity contribution in [3.8, 4) is 6.07 Å². The largest absolute Gasteiger partial charge is 0.294 e. The van der Waals surface area contributed by atoms with E-state index < -0.39 is 0 Å². The monoisotopic (exact) mass is 269 g/mol. The minimum absolute atomic E-state index is 0.0371. The summed E-state index contributed by atoms with van der Waals surface area (Å²) in [4.78, 5) is 12.6. The van der Waals surface area contributed by atoms with E-state index in [0.717, 1.165) is 41.6 Å². The third kappa shape index (κ3) is 2.77. The van der Waals surface area contributed by atoms with Gasteiger partial charge in [0.15, 0.2) is 5.78 Å². The number of rotatable bonds is 3.